The molecule has 0 radical (unpaired) electrons. The molecule has 0 unspecified atom stereocenters. The van der Waals surface area contributed by atoms with E-state index in [0.717, 1.165) is 6.54 Å². The highest BCUT2D eigenvalue weighted by Crippen LogP contribution is 2.24. The Kier molecular flexibility index (Phi) is 4.81. The predicted octanol–water partition coefficient (Wildman–Crippen LogP) is 3.33. The number of ether oxygens (including phenoxy) is 1. The molecule has 3 nitrogen and oxygen atoms in total. The molecule has 0 heterocycles. The molecule has 1 saturated carbocycles. The number of nitrogens with zero attached hydrogens (tertiary/aromatic N) is 2. The van der Waals surface area contributed by atoms with E-state index in [4.69, 9.17) is 10.00 Å². The van der Waals surface area contributed by atoms with Gasteiger partial charge >= 0.3 is 0 Å². The molecule has 0 amide bonds. The van der Waals surface area contributed by atoms with Crippen LogP contribution in [-0.2, 0) is 6.54 Å². The van der Waals surface area contributed by atoms with Gasteiger partial charge < -0.3 is 4.74 Å². The SMILES string of the molecule is COc1cc(CN(C)C2CCCCC2)ccc1C#N. The number of hydrogen-bond donors (Lipinski definition) is 0. The Hall–Kier alpha value is -1.53. The topological polar surface area (TPSA) is 36.3 Å². The third kappa shape index (κ3) is 3.48. The van der Waals surface area contributed by atoms with Crippen LogP contribution in [0.2, 0.25) is 0 Å². The quantitative estimate of drug-likeness (QED) is 0.831. The molecule has 0 atom stereocenters. The van der Waals surface area contributed by atoms with E-state index in [1.54, 1.807) is 7.11 Å². The van der Waals surface area contributed by atoms with Crippen molar-refractivity contribution in [1.82, 2.24) is 4.90 Å². The molecular formula is C16H22N2O. The predicted molar refractivity (Wildman–Crippen MR) is 76.0 cm³/mol. The second-order valence-electron chi connectivity index (χ2n) is 5.35. The number of nitriles is 1. The number of hydrogen-bond acceptors (Lipinski definition) is 3. The van der Waals surface area contributed by atoms with Gasteiger partial charge in [0.05, 0.1) is 12.7 Å². The lowest BCUT2D eigenvalue weighted by atomic mass is 9.94. The largest absolute Gasteiger partial charge is 0.495 e. The van der Waals surface area contributed by atoms with Gasteiger partial charge in [0.2, 0.25) is 0 Å². The minimum absolute atomic E-state index is 0.603. The summed E-state index contributed by atoms with van der Waals surface area (Å²) in [5.74, 6) is 0.678. The van der Waals surface area contributed by atoms with E-state index in [9.17, 15) is 0 Å². The minimum Gasteiger partial charge on any atom is -0.495 e. The second kappa shape index (κ2) is 6.58. The van der Waals surface area contributed by atoms with Crippen molar-refractivity contribution >= 4 is 0 Å². The van der Waals surface area contributed by atoms with Crippen LogP contribution in [0.5, 0.6) is 5.75 Å². The van der Waals surface area contributed by atoms with Crippen molar-refractivity contribution in [3.63, 3.8) is 0 Å². The normalized spacial score (nSPS) is 16.3. The van der Waals surface area contributed by atoms with Crippen LogP contribution in [-0.4, -0.2) is 25.1 Å². The summed E-state index contributed by atoms with van der Waals surface area (Å²) in [5, 5.41) is 8.99. The van der Waals surface area contributed by atoms with E-state index in [-0.39, 0.29) is 0 Å². The first kappa shape index (κ1) is 13.9. The molecule has 0 N–H and O–H groups in total. The lowest BCUT2D eigenvalue weighted by Gasteiger charge is -2.31. The summed E-state index contributed by atoms with van der Waals surface area (Å²) in [5.41, 5.74) is 1.82. The maximum atomic E-state index is 8.99. The molecule has 1 aromatic rings. The van der Waals surface area contributed by atoms with Gasteiger partial charge in [0, 0.05) is 12.6 Å². The van der Waals surface area contributed by atoms with Crippen LogP contribution in [0.3, 0.4) is 0 Å². The lowest BCUT2D eigenvalue weighted by molar-refractivity contribution is 0.184. The number of benzene rings is 1. The van der Waals surface area contributed by atoms with Crippen LogP contribution in [0.4, 0.5) is 0 Å². The monoisotopic (exact) mass is 258 g/mol. The van der Waals surface area contributed by atoms with E-state index in [0.29, 0.717) is 17.4 Å². The highest BCUT2D eigenvalue weighted by Gasteiger charge is 2.18. The van der Waals surface area contributed by atoms with Crippen LogP contribution >= 0.6 is 0 Å². The molecule has 1 aromatic carbocycles. The fraction of sp³-hybridized carbons (Fsp3) is 0.562. The minimum atomic E-state index is 0.603. The van der Waals surface area contributed by atoms with Crippen LogP contribution < -0.4 is 4.74 Å². The summed E-state index contributed by atoms with van der Waals surface area (Å²) in [6.45, 7) is 0.923. The van der Waals surface area contributed by atoms with Gasteiger partial charge in [-0.2, -0.15) is 5.26 Å². The number of methoxy groups -OCH3 is 1. The Morgan fingerprint density at radius 2 is 2.05 bits per heavy atom. The molecule has 2 rings (SSSR count). The van der Waals surface area contributed by atoms with Crippen LogP contribution in [0.25, 0.3) is 0 Å². The van der Waals surface area contributed by atoms with Gasteiger partial charge in [0.25, 0.3) is 0 Å². The molecule has 3 heteroatoms. The average Bonchev–Trinajstić information content (AvgIpc) is 2.48. The summed E-state index contributed by atoms with van der Waals surface area (Å²) in [6.07, 6.45) is 6.71. The summed E-state index contributed by atoms with van der Waals surface area (Å²) in [6, 6.07) is 8.72. The third-order valence-electron chi connectivity index (χ3n) is 4.02. The van der Waals surface area contributed by atoms with Crippen molar-refractivity contribution in [3.8, 4) is 11.8 Å². The van der Waals surface area contributed by atoms with E-state index < -0.39 is 0 Å². The second-order valence-corrected chi connectivity index (χ2v) is 5.35. The Morgan fingerprint density at radius 1 is 1.32 bits per heavy atom. The molecular weight excluding hydrogens is 236 g/mol. The Bertz CT molecular complexity index is 458. The fourth-order valence-electron chi connectivity index (χ4n) is 2.87. The Morgan fingerprint density at radius 3 is 2.68 bits per heavy atom. The third-order valence-corrected chi connectivity index (χ3v) is 4.02. The average molecular weight is 258 g/mol. The first-order valence-electron chi connectivity index (χ1n) is 7.02. The Labute approximate surface area is 115 Å². The van der Waals surface area contributed by atoms with Crippen LogP contribution in [0.15, 0.2) is 18.2 Å². The smallest absolute Gasteiger partial charge is 0.136 e. The van der Waals surface area contributed by atoms with Crippen LogP contribution in [0, 0.1) is 11.3 Å². The van der Waals surface area contributed by atoms with Gasteiger partial charge in [-0.05, 0) is 37.6 Å². The van der Waals surface area contributed by atoms with Crippen molar-refractivity contribution in [2.75, 3.05) is 14.2 Å². The zero-order valence-electron chi connectivity index (χ0n) is 11.9. The molecule has 0 saturated heterocycles. The molecule has 0 aromatic heterocycles. The van der Waals surface area contributed by atoms with Gasteiger partial charge in [-0.25, -0.2) is 0 Å². The van der Waals surface area contributed by atoms with E-state index in [2.05, 4.69) is 18.0 Å². The zero-order valence-corrected chi connectivity index (χ0v) is 11.9. The van der Waals surface area contributed by atoms with Crippen molar-refractivity contribution in [2.45, 2.75) is 44.7 Å². The standard InChI is InChI=1S/C16H22N2O/c1-18(15-6-4-3-5-7-15)12-13-8-9-14(11-17)16(10-13)19-2/h8-10,15H,3-7,12H2,1-2H3. The van der Waals surface area contributed by atoms with Crippen molar-refractivity contribution in [2.24, 2.45) is 0 Å². The van der Waals surface area contributed by atoms with E-state index in [1.165, 1.54) is 37.7 Å². The van der Waals surface area contributed by atoms with Gasteiger partial charge in [-0.15, -0.1) is 0 Å². The molecule has 1 fully saturated rings. The molecule has 0 spiro atoms. The molecule has 1 aliphatic carbocycles. The maximum absolute atomic E-state index is 8.99. The van der Waals surface area contributed by atoms with Gasteiger partial charge in [-0.1, -0.05) is 25.3 Å². The van der Waals surface area contributed by atoms with Crippen LogP contribution in [0.1, 0.15) is 43.2 Å². The lowest BCUT2D eigenvalue weighted by Crippen LogP contribution is -2.32. The summed E-state index contributed by atoms with van der Waals surface area (Å²) in [7, 11) is 3.81. The van der Waals surface area contributed by atoms with Gasteiger partial charge in [-0.3, -0.25) is 4.90 Å². The van der Waals surface area contributed by atoms with E-state index in [1.807, 2.05) is 18.2 Å². The molecule has 0 aliphatic heterocycles. The Balaban J connectivity index is 2.04. The summed E-state index contributed by atoms with van der Waals surface area (Å²) >= 11 is 0. The zero-order chi connectivity index (χ0) is 13.7. The highest BCUT2D eigenvalue weighted by molar-refractivity contribution is 5.45. The van der Waals surface area contributed by atoms with Gasteiger partial charge in [0.1, 0.15) is 11.8 Å². The maximum Gasteiger partial charge on any atom is 0.136 e. The molecule has 1 aliphatic rings. The first-order chi connectivity index (χ1) is 9.24. The molecule has 19 heavy (non-hydrogen) atoms. The van der Waals surface area contributed by atoms with Gasteiger partial charge in [0.15, 0.2) is 0 Å². The first-order valence-corrected chi connectivity index (χ1v) is 7.02. The summed E-state index contributed by atoms with van der Waals surface area (Å²) in [4.78, 5) is 2.43. The number of rotatable bonds is 4. The van der Waals surface area contributed by atoms with Crippen molar-refractivity contribution in [1.29, 1.82) is 5.26 Å². The van der Waals surface area contributed by atoms with Crippen molar-refractivity contribution in [3.05, 3.63) is 29.3 Å². The highest BCUT2D eigenvalue weighted by atomic mass is 16.5. The molecule has 102 valence electrons. The molecule has 0 bridgehead atoms. The van der Waals surface area contributed by atoms with E-state index >= 15 is 0 Å². The fourth-order valence-corrected chi connectivity index (χ4v) is 2.87. The summed E-state index contributed by atoms with van der Waals surface area (Å²) < 4.78 is 5.26. The van der Waals surface area contributed by atoms with Crippen molar-refractivity contribution < 1.29 is 4.74 Å².